The number of nitrogens with zero attached hydrogens (tertiary/aromatic N) is 1. The molecule has 0 saturated heterocycles. The molecule has 4 rings (SSSR count). The van der Waals surface area contributed by atoms with E-state index >= 15 is 0 Å². The number of carbonyl (C=O) groups is 1. The predicted molar refractivity (Wildman–Crippen MR) is 84.8 cm³/mol. The first-order valence-corrected chi connectivity index (χ1v) is 6.93. The van der Waals surface area contributed by atoms with Gasteiger partial charge in [0.2, 0.25) is 5.78 Å². The van der Waals surface area contributed by atoms with E-state index in [1.165, 1.54) is 5.39 Å². The van der Waals surface area contributed by atoms with E-state index in [2.05, 4.69) is 12.1 Å². The lowest BCUT2D eigenvalue weighted by atomic mass is 10.1. The average Bonchev–Trinajstić information content (AvgIpc) is 2.99. The zero-order chi connectivity index (χ0) is 14.2. The lowest BCUT2D eigenvalue weighted by molar-refractivity contribution is 0.103. The van der Waals surface area contributed by atoms with Crippen LogP contribution in [0.1, 0.15) is 16.1 Å². The summed E-state index contributed by atoms with van der Waals surface area (Å²) in [6, 6.07) is 23.6. The molecule has 2 heteroatoms. The second-order valence-corrected chi connectivity index (χ2v) is 5.07. The molecule has 100 valence electrons. The van der Waals surface area contributed by atoms with E-state index in [1.807, 2.05) is 71.3 Å². The van der Waals surface area contributed by atoms with Crippen molar-refractivity contribution in [3.8, 4) is 0 Å². The van der Waals surface area contributed by atoms with E-state index in [9.17, 15) is 4.79 Å². The highest BCUT2D eigenvalue weighted by Crippen LogP contribution is 2.23. The smallest absolute Gasteiger partial charge is 0.209 e. The number of aromatic nitrogens is 1. The van der Waals surface area contributed by atoms with Crippen molar-refractivity contribution in [3.05, 3.63) is 90.3 Å². The first-order valence-electron chi connectivity index (χ1n) is 6.93. The minimum absolute atomic E-state index is 0.0471. The lowest BCUT2D eigenvalue weighted by Gasteiger charge is -2.05. The Labute approximate surface area is 122 Å². The number of benzene rings is 2. The Balaban J connectivity index is 1.95. The maximum atomic E-state index is 12.6. The molecule has 2 aromatic heterocycles. The predicted octanol–water partition coefficient (Wildman–Crippen LogP) is 4.32. The lowest BCUT2D eigenvalue weighted by Crippen LogP contribution is -2.04. The van der Waals surface area contributed by atoms with Crippen LogP contribution in [-0.2, 0) is 0 Å². The fourth-order valence-corrected chi connectivity index (χ4v) is 2.78. The Morgan fingerprint density at radius 2 is 1.52 bits per heavy atom. The molecule has 0 saturated carbocycles. The Morgan fingerprint density at radius 1 is 0.762 bits per heavy atom. The van der Waals surface area contributed by atoms with Crippen LogP contribution >= 0.6 is 0 Å². The fourth-order valence-electron chi connectivity index (χ4n) is 2.78. The molecule has 0 amide bonds. The van der Waals surface area contributed by atoms with E-state index < -0.39 is 0 Å². The average molecular weight is 271 g/mol. The normalized spacial score (nSPS) is 11.0. The zero-order valence-corrected chi connectivity index (χ0v) is 11.4. The molecule has 2 heterocycles. The summed E-state index contributed by atoms with van der Waals surface area (Å²) < 4.78 is 1.97. The van der Waals surface area contributed by atoms with Crippen LogP contribution in [0.15, 0.2) is 79.0 Å². The number of ketones is 1. The van der Waals surface area contributed by atoms with Crippen LogP contribution < -0.4 is 0 Å². The van der Waals surface area contributed by atoms with E-state index in [4.69, 9.17) is 0 Å². The summed E-state index contributed by atoms with van der Waals surface area (Å²) in [5, 5.41) is 2.34. The van der Waals surface area contributed by atoms with Crippen molar-refractivity contribution >= 4 is 22.1 Å². The van der Waals surface area contributed by atoms with Gasteiger partial charge in [0.1, 0.15) is 0 Å². The van der Waals surface area contributed by atoms with Crippen LogP contribution in [0.5, 0.6) is 0 Å². The third-order valence-electron chi connectivity index (χ3n) is 3.83. The summed E-state index contributed by atoms with van der Waals surface area (Å²) in [7, 11) is 0. The van der Waals surface area contributed by atoms with Crippen LogP contribution in [0, 0.1) is 0 Å². The van der Waals surface area contributed by atoms with Gasteiger partial charge in [-0.3, -0.25) is 4.79 Å². The van der Waals surface area contributed by atoms with Gasteiger partial charge in [0, 0.05) is 17.1 Å². The molecule has 0 spiro atoms. The molecule has 0 unspecified atom stereocenters. The van der Waals surface area contributed by atoms with E-state index in [1.54, 1.807) is 0 Å². The molecule has 2 nitrogen and oxygen atoms in total. The molecular formula is C19H13NO. The summed E-state index contributed by atoms with van der Waals surface area (Å²) in [4.78, 5) is 12.6. The first kappa shape index (κ1) is 11.9. The second-order valence-electron chi connectivity index (χ2n) is 5.07. The van der Waals surface area contributed by atoms with Crippen molar-refractivity contribution in [2.24, 2.45) is 0 Å². The zero-order valence-electron chi connectivity index (χ0n) is 11.4. The molecule has 2 aromatic carbocycles. The van der Waals surface area contributed by atoms with Gasteiger partial charge >= 0.3 is 0 Å². The van der Waals surface area contributed by atoms with Crippen molar-refractivity contribution in [2.45, 2.75) is 0 Å². The Hall–Kier alpha value is -2.87. The van der Waals surface area contributed by atoms with Crippen molar-refractivity contribution in [2.75, 3.05) is 0 Å². The van der Waals surface area contributed by atoms with Crippen molar-refractivity contribution in [1.29, 1.82) is 0 Å². The molecule has 0 fully saturated rings. The largest absolute Gasteiger partial charge is 0.313 e. The number of carbonyl (C=O) groups excluding carboxylic acids is 1. The van der Waals surface area contributed by atoms with Gasteiger partial charge in [0.05, 0.1) is 11.2 Å². The van der Waals surface area contributed by atoms with Gasteiger partial charge in [0.15, 0.2) is 0 Å². The SMILES string of the molecule is O=C(c1ccccc1)c1ccc2c3ccccc3ccn12. The molecule has 0 atom stereocenters. The Kier molecular flexibility index (Phi) is 2.61. The Bertz CT molecular complexity index is 951. The summed E-state index contributed by atoms with van der Waals surface area (Å²) >= 11 is 0. The number of hydrogen-bond acceptors (Lipinski definition) is 1. The molecule has 0 bridgehead atoms. The number of pyridine rings is 1. The maximum Gasteiger partial charge on any atom is 0.209 e. The minimum atomic E-state index is 0.0471. The van der Waals surface area contributed by atoms with E-state index in [-0.39, 0.29) is 5.78 Å². The number of rotatable bonds is 2. The molecule has 0 aliphatic carbocycles. The van der Waals surface area contributed by atoms with Gasteiger partial charge in [-0.25, -0.2) is 0 Å². The van der Waals surface area contributed by atoms with Crippen LogP contribution in [0.2, 0.25) is 0 Å². The molecular weight excluding hydrogens is 258 g/mol. The van der Waals surface area contributed by atoms with Crippen molar-refractivity contribution in [3.63, 3.8) is 0 Å². The first-order chi connectivity index (χ1) is 10.3. The monoisotopic (exact) mass is 271 g/mol. The topological polar surface area (TPSA) is 21.5 Å². The Morgan fingerprint density at radius 3 is 2.38 bits per heavy atom. The van der Waals surface area contributed by atoms with Crippen molar-refractivity contribution in [1.82, 2.24) is 4.40 Å². The molecule has 0 aliphatic heterocycles. The summed E-state index contributed by atoms with van der Waals surface area (Å²) in [6.45, 7) is 0. The van der Waals surface area contributed by atoms with Gasteiger partial charge in [-0.05, 0) is 23.6 Å². The van der Waals surface area contributed by atoms with Crippen LogP contribution in [0.25, 0.3) is 16.3 Å². The molecule has 4 aromatic rings. The summed E-state index contributed by atoms with van der Waals surface area (Å²) in [5.41, 5.74) is 2.47. The summed E-state index contributed by atoms with van der Waals surface area (Å²) in [6.07, 6.45) is 1.97. The third-order valence-corrected chi connectivity index (χ3v) is 3.83. The van der Waals surface area contributed by atoms with E-state index in [0.29, 0.717) is 11.3 Å². The number of fused-ring (bicyclic) bond motifs is 3. The van der Waals surface area contributed by atoms with Crippen molar-refractivity contribution < 1.29 is 4.79 Å². The number of hydrogen-bond donors (Lipinski definition) is 0. The van der Waals surface area contributed by atoms with Gasteiger partial charge in [-0.2, -0.15) is 0 Å². The maximum absolute atomic E-state index is 12.6. The highest BCUT2D eigenvalue weighted by Gasteiger charge is 2.13. The van der Waals surface area contributed by atoms with Crippen LogP contribution in [-0.4, -0.2) is 10.2 Å². The molecule has 0 N–H and O–H groups in total. The van der Waals surface area contributed by atoms with Gasteiger partial charge < -0.3 is 4.40 Å². The second kappa shape index (κ2) is 4.60. The highest BCUT2D eigenvalue weighted by atomic mass is 16.1. The third kappa shape index (κ3) is 1.84. The summed E-state index contributed by atoms with van der Waals surface area (Å²) in [5.74, 6) is 0.0471. The van der Waals surface area contributed by atoms with Gasteiger partial charge in [-0.1, -0.05) is 54.6 Å². The molecule has 0 radical (unpaired) electrons. The van der Waals surface area contributed by atoms with Crippen LogP contribution in [0.3, 0.4) is 0 Å². The van der Waals surface area contributed by atoms with Crippen LogP contribution in [0.4, 0.5) is 0 Å². The molecule has 0 aliphatic rings. The van der Waals surface area contributed by atoms with Gasteiger partial charge in [-0.15, -0.1) is 0 Å². The molecule has 21 heavy (non-hydrogen) atoms. The quantitative estimate of drug-likeness (QED) is 0.497. The standard InChI is InChI=1S/C19H13NO/c21-19(15-7-2-1-3-8-15)18-11-10-17-16-9-5-4-6-14(16)12-13-20(17)18/h1-13H. The fraction of sp³-hybridized carbons (Fsp3) is 0. The minimum Gasteiger partial charge on any atom is -0.313 e. The highest BCUT2D eigenvalue weighted by molar-refractivity contribution is 6.09. The van der Waals surface area contributed by atoms with Gasteiger partial charge in [0.25, 0.3) is 0 Å². The van der Waals surface area contributed by atoms with E-state index in [0.717, 1.165) is 10.9 Å².